The van der Waals surface area contributed by atoms with Crippen molar-refractivity contribution in [2.75, 3.05) is 27.3 Å². The Labute approximate surface area is 253 Å². The Bertz CT molecular complexity index is 1320. The fraction of sp³-hybridized carbons (Fsp3) is 0.485. The zero-order valence-corrected chi connectivity index (χ0v) is 25.3. The van der Waals surface area contributed by atoms with Crippen LogP contribution in [-0.4, -0.2) is 71.6 Å². The van der Waals surface area contributed by atoms with Crippen LogP contribution >= 0.6 is 0 Å². The third-order valence-corrected chi connectivity index (χ3v) is 8.21. The lowest BCUT2D eigenvalue weighted by Gasteiger charge is -2.26. The molecule has 43 heavy (non-hydrogen) atoms. The van der Waals surface area contributed by atoms with Gasteiger partial charge < -0.3 is 24.4 Å². The van der Waals surface area contributed by atoms with Crippen LogP contribution < -0.4 is 14.8 Å². The topological polar surface area (TPSA) is 120 Å². The highest BCUT2D eigenvalue weighted by Crippen LogP contribution is 2.46. The molecule has 0 radical (unpaired) electrons. The number of benzene rings is 1. The molecule has 0 saturated heterocycles. The Morgan fingerprint density at radius 3 is 2.51 bits per heavy atom. The molecule has 2 saturated carbocycles. The van der Waals surface area contributed by atoms with Crippen molar-refractivity contribution in [2.24, 2.45) is 17.8 Å². The summed E-state index contributed by atoms with van der Waals surface area (Å²) in [7, 11) is 3.24. The van der Waals surface area contributed by atoms with Crippen LogP contribution in [0.4, 0.5) is 0 Å². The molecule has 2 aliphatic rings. The zero-order chi connectivity index (χ0) is 31.0. The number of ether oxygens (including phenoxy) is 3. The van der Waals surface area contributed by atoms with Gasteiger partial charge in [0.15, 0.2) is 0 Å². The van der Waals surface area contributed by atoms with Gasteiger partial charge in [0.05, 0.1) is 31.2 Å². The standard InChI is InChI=1S/C33H42N4O6/c1-6-9-10-14-17-37(4)30(39)26-19-24(18-25(26)29(38)36-33(21-23(33)7-2)31(40)42-8-3)43-28-20-27(34-32(35-28)41-5)22-15-12-11-13-16-22/h6-7,11-13,15-16,20,23-26H,1-2,8-10,14,17-19,21H2,3-5H3,(H,36,38)/t23-,24-,25-,26-,33-/m1/s1. The fourth-order valence-electron chi connectivity index (χ4n) is 5.74. The molecule has 2 fully saturated rings. The normalized spacial score (nSPS) is 24.0. The SMILES string of the molecule is C=CCCCCN(C)C(=O)[C@@H]1C[C@H](Oc2cc(-c3ccccc3)nc(OC)n2)C[C@H]1C(=O)N[C@]1(C(=O)OCC)C[C@H]1C=C. The lowest BCUT2D eigenvalue weighted by Crippen LogP contribution is -2.50. The minimum absolute atomic E-state index is 0.128. The summed E-state index contributed by atoms with van der Waals surface area (Å²) in [6, 6.07) is 11.5. The van der Waals surface area contributed by atoms with Crippen LogP contribution in [0.2, 0.25) is 0 Å². The van der Waals surface area contributed by atoms with Gasteiger partial charge in [0.2, 0.25) is 17.7 Å². The second-order valence-electron chi connectivity index (χ2n) is 11.1. The van der Waals surface area contributed by atoms with E-state index in [9.17, 15) is 14.4 Å². The number of nitrogens with zero attached hydrogens (tertiary/aromatic N) is 3. The lowest BCUT2D eigenvalue weighted by molar-refractivity contribution is -0.150. The first-order chi connectivity index (χ1) is 20.8. The molecule has 2 aromatic rings. The highest BCUT2D eigenvalue weighted by atomic mass is 16.5. The van der Waals surface area contributed by atoms with Crippen LogP contribution in [0.1, 0.15) is 45.4 Å². The van der Waals surface area contributed by atoms with E-state index in [1.165, 1.54) is 7.11 Å². The molecule has 1 heterocycles. The molecule has 0 aliphatic heterocycles. The van der Waals surface area contributed by atoms with Crippen LogP contribution in [-0.2, 0) is 19.1 Å². The van der Waals surface area contributed by atoms with Gasteiger partial charge in [-0.15, -0.1) is 13.2 Å². The van der Waals surface area contributed by atoms with Crippen molar-refractivity contribution in [2.45, 2.75) is 57.1 Å². The Morgan fingerprint density at radius 1 is 1.12 bits per heavy atom. The van der Waals surface area contributed by atoms with Crippen molar-refractivity contribution in [3.05, 3.63) is 61.7 Å². The number of carbonyl (C=O) groups excluding carboxylic acids is 3. The van der Waals surface area contributed by atoms with Gasteiger partial charge in [-0.25, -0.2) is 4.79 Å². The average Bonchev–Trinajstić information content (AvgIpc) is 3.58. The van der Waals surface area contributed by atoms with E-state index in [0.717, 1.165) is 24.8 Å². The molecule has 0 unspecified atom stereocenters. The van der Waals surface area contributed by atoms with Crippen LogP contribution in [0.15, 0.2) is 61.7 Å². The van der Waals surface area contributed by atoms with Crippen LogP contribution in [0.3, 0.4) is 0 Å². The van der Waals surface area contributed by atoms with Crippen molar-refractivity contribution >= 4 is 17.8 Å². The van der Waals surface area contributed by atoms with Gasteiger partial charge in [0.25, 0.3) is 0 Å². The molecular weight excluding hydrogens is 548 g/mol. The van der Waals surface area contributed by atoms with Crippen molar-refractivity contribution in [3.8, 4) is 23.1 Å². The summed E-state index contributed by atoms with van der Waals surface area (Å²) in [5, 5.41) is 2.94. The number of nitrogens with one attached hydrogen (secondary N) is 1. The maximum atomic E-state index is 13.8. The largest absolute Gasteiger partial charge is 0.474 e. The average molecular weight is 591 g/mol. The second kappa shape index (κ2) is 14.3. The summed E-state index contributed by atoms with van der Waals surface area (Å²) in [6.07, 6.45) is 6.67. The first-order valence-corrected chi connectivity index (χ1v) is 14.9. The molecule has 0 spiro atoms. The fourth-order valence-corrected chi connectivity index (χ4v) is 5.74. The maximum Gasteiger partial charge on any atom is 0.332 e. The molecule has 5 atom stereocenters. The molecule has 10 nitrogen and oxygen atoms in total. The van der Waals surface area contributed by atoms with E-state index >= 15 is 0 Å². The number of unbranched alkanes of at least 4 members (excludes halogenated alkanes) is 2. The molecule has 1 aromatic heterocycles. The predicted molar refractivity (Wildman–Crippen MR) is 162 cm³/mol. The van der Waals surface area contributed by atoms with Gasteiger partial charge in [-0.2, -0.15) is 9.97 Å². The summed E-state index contributed by atoms with van der Waals surface area (Å²) >= 11 is 0. The molecule has 230 valence electrons. The molecule has 4 rings (SSSR count). The van der Waals surface area contributed by atoms with E-state index in [1.807, 2.05) is 36.4 Å². The van der Waals surface area contributed by atoms with Crippen LogP contribution in [0.5, 0.6) is 11.9 Å². The van der Waals surface area contributed by atoms with Gasteiger partial charge >= 0.3 is 12.0 Å². The highest BCUT2D eigenvalue weighted by molar-refractivity contribution is 5.95. The molecule has 0 bridgehead atoms. The minimum atomic E-state index is -1.15. The van der Waals surface area contributed by atoms with Gasteiger partial charge in [-0.1, -0.05) is 42.5 Å². The van der Waals surface area contributed by atoms with E-state index in [4.69, 9.17) is 14.2 Å². The van der Waals surface area contributed by atoms with Gasteiger partial charge in [0, 0.05) is 31.1 Å². The van der Waals surface area contributed by atoms with Gasteiger partial charge in [0.1, 0.15) is 11.6 Å². The summed E-state index contributed by atoms with van der Waals surface area (Å²) in [6.45, 7) is 10.1. The monoisotopic (exact) mass is 590 g/mol. The number of allylic oxidation sites excluding steroid dienone is 1. The van der Waals surface area contributed by atoms with Crippen molar-refractivity contribution in [3.63, 3.8) is 0 Å². The van der Waals surface area contributed by atoms with E-state index < -0.39 is 29.4 Å². The summed E-state index contributed by atoms with van der Waals surface area (Å²) in [5.41, 5.74) is 0.346. The number of aromatic nitrogens is 2. The summed E-state index contributed by atoms with van der Waals surface area (Å²) in [4.78, 5) is 50.9. The molecule has 1 aromatic carbocycles. The van der Waals surface area contributed by atoms with E-state index in [0.29, 0.717) is 25.1 Å². The second-order valence-corrected chi connectivity index (χ2v) is 11.1. The maximum absolute atomic E-state index is 13.8. The summed E-state index contributed by atoms with van der Waals surface area (Å²) < 4.78 is 16.9. The molecular formula is C33H42N4O6. The van der Waals surface area contributed by atoms with Crippen molar-refractivity contribution in [1.29, 1.82) is 0 Å². The number of carbonyl (C=O) groups is 3. The van der Waals surface area contributed by atoms with Crippen molar-refractivity contribution in [1.82, 2.24) is 20.2 Å². The first kappa shape index (κ1) is 31.7. The molecule has 2 amide bonds. The minimum Gasteiger partial charge on any atom is -0.474 e. The smallest absolute Gasteiger partial charge is 0.332 e. The van der Waals surface area contributed by atoms with Crippen molar-refractivity contribution < 1.29 is 28.6 Å². The third kappa shape index (κ3) is 7.42. The highest BCUT2D eigenvalue weighted by Gasteiger charge is 2.62. The third-order valence-electron chi connectivity index (χ3n) is 8.21. The number of amides is 2. The summed E-state index contributed by atoms with van der Waals surface area (Å²) in [5.74, 6) is -2.26. The Balaban J connectivity index is 1.56. The lowest BCUT2D eigenvalue weighted by atomic mass is 9.93. The molecule has 2 aliphatic carbocycles. The van der Waals surface area contributed by atoms with Crippen LogP contribution in [0, 0.1) is 17.8 Å². The Morgan fingerprint density at radius 2 is 1.86 bits per heavy atom. The number of hydrogen-bond acceptors (Lipinski definition) is 8. The zero-order valence-electron chi connectivity index (χ0n) is 25.3. The van der Waals surface area contributed by atoms with Crippen LogP contribution in [0.25, 0.3) is 11.3 Å². The molecule has 10 heteroatoms. The number of methoxy groups -OCH3 is 1. The Hall–Kier alpha value is -4.21. The predicted octanol–water partition coefficient (Wildman–Crippen LogP) is 4.36. The first-order valence-electron chi connectivity index (χ1n) is 14.9. The van der Waals surface area contributed by atoms with E-state index in [-0.39, 0.29) is 42.7 Å². The number of hydrogen-bond donors (Lipinski definition) is 1. The van der Waals surface area contributed by atoms with E-state index in [2.05, 4.69) is 28.4 Å². The van der Waals surface area contributed by atoms with Gasteiger partial charge in [-0.3, -0.25) is 9.59 Å². The Kier molecular flexibility index (Phi) is 10.6. The quantitative estimate of drug-likeness (QED) is 0.185. The number of rotatable bonds is 15. The van der Waals surface area contributed by atoms with Gasteiger partial charge in [-0.05, 0) is 45.4 Å². The molecule has 1 N–H and O–H groups in total. The van der Waals surface area contributed by atoms with E-state index in [1.54, 1.807) is 31.0 Å². The number of esters is 1.